The average molecular weight is 251 g/mol. The third-order valence-corrected chi connectivity index (χ3v) is 4.58. The molecule has 1 aliphatic carbocycles. The molecule has 2 N–H and O–H groups in total. The standard InChI is InChI=1S/C14H25N3O/c1-5-14(4)12(7-13(14)18-6-2)17-10(3)11-8-15-16-9-11/h8-10,12-13,17H,5-7H2,1-4H3,(H,15,16). The van der Waals surface area contributed by atoms with Gasteiger partial charge in [-0.2, -0.15) is 5.10 Å². The third-order valence-electron chi connectivity index (χ3n) is 4.58. The van der Waals surface area contributed by atoms with Crippen LogP contribution in [0.4, 0.5) is 0 Å². The summed E-state index contributed by atoms with van der Waals surface area (Å²) < 4.78 is 5.83. The zero-order valence-corrected chi connectivity index (χ0v) is 11.9. The molecule has 1 saturated carbocycles. The summed E-state index contributed by atoms with van der Waals surface area (Å²) in [5, 5.41) is 10.6. The highest BCUT2D eigenvalue weighted by molar-refractivity contribution is 5.12. The van der Waals surface area contributed by atoms with Crippen molar-refractivity contribution in [1.29, 1.82) is 0 Å². The van der Waals surface area contributed by atoms with Gasteiger partial charge in [-0.3, -0.25) is 5.10 Å². The summed E-state index contributed by atoms with van der Waals surface area (Å²) in [5.41, 5.74) is 1.47. The van der Waals surface area contributed by atoms with Gasteiger partial charge in [0.15, 0.2) is 0 Å². The Labute approximate surface area is 110 Å². The van der Waals surface area contributed by atoms with Gasteiger partial charge in [-0.1, -0.05) is 13.8 Å². The number of aromatic nitrogens is 2. The third kappa shape index (κ3) is 2.31. The maximum Gasteiger partial charge on any atom is 0.0658 e. The lowest BCUT2D eigenvalue weighted by atomic mass is 9.61. The lowest BCUT2D eigenvalue weighted by Gasteiger charge is -2.54. The molecule has 4 unspecified atom stereocenters. The molecule has 1 heterocycles. The van der Waals surface area contributed by atoms with Gasteiger partial charge in [0.25, 0.3) is 0 Å². The molecule has 0 aliphatic heterocycles. The maximum absolute atomic E-state index is 5.83. The van der Waals surface area contributed by atoms with Crippen molar-refractivity contribution in [2.24, 2.45) is 5.41 Å². The molecular weight excluding hydrogens is 226 g/mol. The minimum atomic E-state index is 0.258. The quantitative estimate of drug-likeness (QED) is 0.817. The first kappa shape index (κ1) is 13.6. The van der Waals surface area contributed by atoms with Crippen LogP contribution in [0.15, 0.2) is 12.4 Å². The highest BCUT2D eigenvalue weighted by Crippen LogP contribution is 2.46. The van der Waals surface area contributed by atoms with Crippen molar-refractivity contribution < 1.29 is 4.74 Å². The van der Waals surface area contributed by atoms with Crippen molar-refractivity contribution in [1.82, 2.24) is 15.5 Å². The van der Waals surface area contributed by atoms with E-state index in [1.807, 2.05) is 12.4 Å². The van der Waals surface area contributed by atoms with Gasteiger partial charge in [-0.25, -0.2) is 0 Å². The molecule has 0 aromatic carbocycles. The fourth-order valence-corrected chi connectivity index (χ4v) is 2.90. The van der Waals surface area contributed by atoms with Gasteiger partial charge >= 0.3 is 0 Å². The molecule has 1 aliphatic rings. The van der Waals surface area contributed by atoms with Crippen LogP contribution in [-0.2, 0) is 4.74 Å². The Morgan fingerprint density at radius 1 is 1.61 bits per heavy atom. The summed E-state index contributed by atoms with van der Waals surface area (Å²) in [5.74, 6) is 0. The molecule has 0 spiro atoms. The number of nitrogens with zero attached hydrogens (tertiary/aromatic N) is 1. The zero-order chi connectivity index (χ0) is 13.2. The smallest absolute Gasteiger partial charge is 0.0658 e. The van der Waals surface area contributed by atoms with Crippen molar-refractivity contribution in [3.63, 3.8) is 0 Å². The molecule has 2 rings (SSSR count). The molecule has 1 aromatic rings. The maximum atomic E-state index is 5.83. The van der Waals surface area contributed by atoms with Crippen LogP contribution in [0.1, 0.15) is 52.1 Å². The lowest BCUT2D eigenvalue weighted by Crippen LogP contribution is -2.62. The number of nitrogens with one attached hydrogen (secondary N) is 2. The Bertz CT molecular complexity index is 365. The summed E-state index contributed by atoms with van der Waals surface area (Å²) in [7, 11) is 0. The average Bonchev–Trinajstić information content (AvgIpc) is 2.90. The van der Waals surface area contributed by atoms with E-state index in [-0.39, 0.29) is 5.41 Å². The largest absolute Gasteiger partial charge is 0.378 e. The molecular formula is C14H25N3O. The number of rotatable bonds is 6. The SMILES string of the molecule is CCOC1CC(NC(C)c2cn[nH]c2)C1(C)CC. The second-order valence-electron chi connectivity index (χ2n) is 5.51. The van der Waals surface area contributed by atoms with E-state index in [2.05, 4.69) is 43.2 Å². The Balaban J connectivity index is 1.95. The number of hydrogen-bond donors (Lipinski definition) is 2. The van der Waals surface area contributed by atoms with Gasteiger partial charge in [0.05, 0.1) is 12.3 Å². The first-order valence-corrected chi connectivity index (χ1v) is 6.98. The number of ether oxygens (including phenoxy) is 1. The van der Waals surface area contributed by atoms with Gasteiger partial charge in [-0.15, -0.1) is 0 Å². The summed E-state index contributed by atoms with van der Waals surface area (Å²) in [4.78, 5) is 0. The fourth-order valence-electron chi connectivity index (χ4n) is 2.90. The van der Waals surface area contributed by atoms with Crippen LogP contribution >= 0.6 is 0 Å². The van der Waals surface area contributed by atoms with Gasteiger partial charge in [0.1, 0.15) is 0 Å². The van der Waals surface area contributed by atoms with Gasteiger partial charge in [0.2, 0.25) is 0 Å². The predicted molar refractivity (Wildman–Crippen MR) is 72.4 cm³/mol. The minimum Gasteiger partial charge on any atom is -0.378 e. The normalized spacial score (nSPS) is 33.1. The molecule has 1 aromatic heterocycles. The highest BCUT2D eigenvalue weighted by atomic mass is 16.5. The van der Waals surface area contributed by atoms with Crippen LogP contribution < -0.4 is 5.32 Å². The van der Waals surface area contributed by atoms with E-state index in [1.165, 1.54) is 5.56 Å². The first-order chi connectivity index (χ1) is 8.61. The van der Waals surface area contributed by atoms with Gasteiger partial charge in [-0.05, 0) is 26.7 Å². The molecule has 18 heavy (non-hydrogen) atoms. The second-order valence-corrected chi connectivity index (χ2v) is 5.51. The Morgan fingerprint density at radius 2 is 2.39 bits per heavy atom. The minimum absolute atomic E-state index is 0.258. The van der Waals surface area contributed by atoms with E-state index in [1.54, 1.807) is 0 Å². The topological polar surface area (TPSA) is 49.9 Å². The molecule has 4 atom stereocenters. The second kappa shape index (κ2) is 5.41. The van der Waals surface area contributed by atoms with Crippen LogP contribution in [0, 0.1) is 5.41 Å². The van der Waals surface area contributed by atoms with Crippen LogP contribution in [0.5, 0.6) is 0 Å². The van der Waals surface area contributed by atoms with Crippen molar-refractivity contribution in [3.05, 3.63) is 18.0 Å². The van der Waals surface area contributed by atoms with E-state index in [0.29, 0.717) is 18.2 Å². The fraction of sp³-hybridized carbons (Fsp3) is 0.786. The Morgan fingerprint density at radius 3 is 2.94 bits per heavy atom. The van der Waals surface area contributed by atoms with E-state index in [4.69, 9.17) is 4.74 Å². The predicted octanol–water partition coefficient (Wildman–Crippen LogP) is 2.65. The number of H-pyrrole nitrogens is 1. The Kier molecular flexibility index (Phi) is 4.07. The molecule has 102 valence electrons. The summed E-state index contributed by atoms with van der Waals surface area (Å²) in [6, 6.07) is 0.867. The van der Waals surface area contributed by atoms with Gasteiger partial charge in [0, 0.05) is 35.9 Å². The van der Waals surface area contributed by atoms with Crippen molar-refractivity contribution in [2.75, 3.05) is 6.61 Å². The van der Waals surface area contributed by atoms with Crippen LogP contribution in [0.2, 0.25) is 0 Å². The molecule has 4 heteroatoms. The lowest BCUT2D eigenvalue weighted by molar-refractivity contribution is -0.127. The zero-order valence-electron chi connectivity index (χ0n) is 11.9. The van der Waals surface area contributed by atoms with Crippen LogP contribution in [0.3, 0.4) is 0 Å². The van der Waals surface area contributed by atoms with Crippen LogP contribution in [-0.4, -0.2) is 29.0 Å². The number of hydrogen-bond acceptors (Lipinski definition) is 3. The van der Waals surface area contributed by atoms with E-state index >= 15 is 0 Å². The van der Waals surface area contributed by atoms with Crippen molar-refractivity contribution in [2.45, 2.75) is 58.7 Å². The van der Waals surface area contributed by atoms with Crippen molar-refractivity contribution >= 4 is 0 Å². The monoisotopic (exact) mass is 251 g/mol. The molecule has 4 nitrogen and oxygen atoms in total. The molecule has 0 saturated heterocycles. The highest BCUT2D eigenvalue weighted by Gasteiger charge is 2.51. The van der Waals surface area contributed by atoms with Gasteiger partial charge < -0.3 is 10.1 Å². The van der Waals surface area contributed by atoms with E-state index in [9.17, 15) is 0 Å². The first-order valence-electron chi connectivity index (χ1n) is 6.98. The Hall–Kier alpha value is -0.870. The summed E-state index contributed by atoms with van der Waals surface area (Å²) in [6.45, 7) is 9.66. The molecule has 1 fully saturated rings. The summed E-state index contributed by atoms with van der Waals surface area (Å²) >= 11 is 0. The van der Waals surface area contributed by atoms with E-state index in [0.717, 1.165) is 19.4 Å². The number of aromatic amines is 1. The van der Waals surface area contributed by atoms with E-state index < -0.39 is 0 Å². The molecule has 0 radical (unpaired) electrons. The van der Waals surface area contributed by atoms with Crippen LogP contribution in [0.25, 0.3) is 0 Å². The summed E-state index contributed by atoms with van der Waals surface area (Å²) in [6.07, 6.45) is 6.51. The van der Waals surface area contributed by atoms with Crippen molar-refractivity contribution in [3.8, 4) is 0 Å². The molecule has 0 amide bonds. The molecule has 0 bridgehead atoms.